The van der Waals surface area contributed by atoms with E-state index in [1.165, 1.54) is 36.8 Å². The van der Waals surface area contributed by atoms with Gasteiger partial charge in [0.2, 0.25) is 0 Å². The number of benzene rings is 2. The fraction of sp³-hybridized carbons (Fsp3) is 0.440. The number of amides is 1. The number of hydrogen-bond acceptors (Lipinski definition) is 3. The first kappa shape index (κ1) is 20.5. The maximum Gasteiger partial charge on any atom is 0.407 e. The Morgan fingerprint density at radius 3 is 2.20 bits per heavy atom. The maximum absolute atomic E-state index is 12.5. The number of alkyl carbamates (subject to hydrolysis) is 1. The highest BCUT2D eigenvalue weighted by molar-refractivity contribution is 5.79. The molecule has 5 nitrogen and oxygen atoms in total. The number of rotatable bonds is 8. The minimum absolute atomic E-state index is 0.000405. The second kappa shape index (κ2) is 9.33. The number of hydrogen-bond donors (Lipinski definition) is 2. The SMILES string of the molecule is O=C(O)C[C@@H](CCC1CCCC1)NC(=O)OCC1c2ccccc2-c2ccccc21. The molecule has 0 aromatic heterocycles. The summed E-state index contributed by atoms with van der Waals surface area (Å²) in [5, 5.41) is 12.0. The van der Waals surface area contributed by atoms with Crippen LogP contribution < -0.4 is 5.32 Å². The van der Waals surface area contributed by atoms with Gasteiger partial charge in [0.15, 0.2) is 0 Å². The fourth-order valence-electron chi connectivity index (χ4n) is 4.98. The van der Waals surface area contributed by atoms with Crippen LogP contribution in [0, 0.1) is 5.92 Å². The van der Waals surface area contributed by atoms with Gasteiger partial charge >= 0.3 is 12.1 Å². The highest BCUT2D eigenvalue weighted by atomic mass is 16.5. The molecule has 158 valence electrons. The predicted octanol–water partition coefficient (Wildman–Crippen LogP) is 5.34. The number of fused-ring (bicyclic) bond motifs is 3. The number of carboxylic acids is 1. The molecule has 1 amide bonds. The van der Waals surface area contributed by atoms with Crippen LogP contribution >= 0.6 is 0 Å². The molecule has 0 saturated heterocycles. The molecule has 30 heavy (non-hydrogen) atoms. The molecule has 0 spiro atoms. The molecule has 2 aliphatic carbocycles. The van der Waals surface area contributed by atoms with Gasteiger partial charge in [-0.05, 0) is 41.0 Å². The molecule has 2 N–H and O–H groups in total. The summed E-state index contributed by atoms with van der Waals surface area (Å²) in [6.07, 6.45) is 5.98. The van der Waals surface area contributed by atoms with E-state index in [-0.39, 0.29) is 18.9 Å². The van der Waals surface area contributed by atoms with Crippen LogP contribution in [0.3, 0.4) is 0 Å². The zero-order valence-corrected chi connectivity index (χ0v) is 17.2. The van der Waals surface area contributed by atoms with E-state index in [1.54, 1.807) is 0 Å². The van der Waals surface area contributed by atoms with Crippen molar-refractivity contribution >= 4 is 12.1 Å². The zero-order chi connectivity index (χ0) is 20.9. The molecule has 0 aliphatic heterocycles. The van der Waals surface area contributed by atoms with E-state index in [4.69, 9.17) is 4.74 Å². The van der Waals surface area contributed by atoms with Crippen molar-refractivity contribution in [1.29, 1.82) is 0 Å². The fourth-order valence-corrected chi connectivity index (χ4v) is 4.98. The molecule has 2 aliphatic rings. The monoisotopic (exact) mass is 407 g/mol. The van der Waals surface area contributed by atoms with E-state index in [9.17, 15) is 14.7 Å². The number of carbonyl (C=O) groups excluding carboxylic acids is 1. The van der Waals surface area contributed by atoms with Crippen LogP contribution in [-0.4, -0.2) is 29.8 Å². The smallest absolute Gasteiger partial charge is 0.407 e. The Hall–Kier alpha value is -2.82. The number of nitrogens with one attached hydrogen (secondary N) is 1. The van der Waals surface area contributed by atoms with E-state index in [0.29, 0.717) is 12.3 Å². The molecule has 0 unspecified atom stereocenters. The molecular formula is C25H29NO4. The Kier molecular flexibility index (Phi) is 6.36. The van der Waals surface area contributed by atoms with Crippen molar-refractivity contribution < 1.29 is 19.4 Å². The molecule has 4 rings (SSSR count). The average molecular weight is 408 g/mol. The van der Waals surface area contributed by atoms with Gasteiger partial charge in [-0.3, -0.25) is 4.79 Å². The third-order valence-electron chi connectivity index (χ3n) is 6.48. The maximum atomic E-state index is 12.5. The molecule has 2 aromatic carbocycles. The lowest BCUT2D eigenvalue weighted by Crippen LogP contribution is -2.37. The Labute approximate surface area is 177 Å². The van der Waals surface area contributed by atoms with Crippen LogP contribution in [0.4, 0.5) is 4.79 Å². The van der Waals surface area contributed by atoms with E-state index in [1.807, 2.05) is 24.3 Å². The van der Waals surface area contributed by atoms with Crippen molar-refractivity contribution in [1.82, 2.24) is 5.32 Å². The van der Waals surface area contributed by atoms with Crippen molar-refractivity contribution in [2.24, 2.45) is 5.92 Å². The van der Waals surface area contributed by atoms with Crippen LogP contribution in [0.1, 0.15) is 62.0 Å². The topological polar surface area (TPSA) is 75.6 Å². The second-order valence-electron chi connectivity index (χ2n) is 8.49. The van der Waals surface area contributed by atoms with Crippen molar-refractivity contribution in [3.05, 3.63) is 59.7 Å². The second-order valence-corrected chi connectivity index (χ2v) is 8.49. The third-order valence-corrected chi connectivity index (χ3v) is 6.48. The number of aliphatic carboxylic acids is 1. The van der Waals surface area contributed by atoms with Crippen LogP contribution in [0.15, 0.2) is 48.5 Å². The van der Waals surface area contributed by atoms with Crippen molar-refractivity contribution in [3.8, 4) is 11.1 Å². The number of carboxylic acid groups (broad SMARTS) is 1. The minimum atomic E-state index is -0.898. The summed E-state index contributed by atoms with van der Waals surface area (Å²) in [5.41, 5.74) is 4.69. The Bertz CT molecular complexity index is 858. The quantitative estimate of drug-likeness (QED) is 0.619. The van der Waals surface area contributed by atoms with Gasteiger partial charge in [0.1, 0.15) is 6.61 Å². The first-order chi connectivity index (χ1) is 14.6. The van der Waals surface area contributed by atoms with Gasteiger partial charge in [-0.2, -0.15) is 0 Å². The van der Waals surface area contributed by atoms with Crippen LogP contribution in [0.25, 0.3) is 11.1 Å². The third kappa shape index (κ3) is 4.66. The van der Waals surface area contributed by atoms with Crippen molar-refractivity contribution in [3.63, 3.8) is 0 Å². The predicted molar refractivity (Wildman–Crippen MR) is 115 cm³/mol. The Morgan fingerprint density at radius 1 is 1.00 bits per heavy atom. The first-order valence-corrected chi connectivity index (χ1v) is 10.9. The van der Waals surface area contributed by atoms with Gasteiger partial charge in [-0.15, -0.1) is 0 Å². The summed E-state index contributed by atoms with van der Waals surface area (Å²) in [6.45, 7) is 0.238. The standard InChI is InChI=1S/C25H29NO4/c27-24(28)15-18(14-13-17-7-1-2-8-17)26-25(29)30-16-23-21-11-5-3-9-19(21)20-10-4-6-12-22(20)23/h3-6,9-12,17-18,23H,1-2,7-8,13-16H2,(H,26,29)(H,27,28)/t18-/m1/s1. The molecule has 0 heterocycles. The van der Waals surface area contributed by atoms with E-state index < -0.39 is 18.1 Å². The summed E-state index contributed by atoms with van der Waals surface area (Å²) >= 11 is 0. The van der Waals surface area contributed by atoms with Gasteiger partial charge in [-0.1, -0.05) is 74.2 Å². The molecule has 1 fully saturated rings. The average Bonchev–Trinajstić information content (AvgIpc) is 3.36. The minimum Gasteiger partial charge on any atom is -0.481 e. The molecule has 1 saturated carbocycles. The van der Waals surface area contributed by atoms with Crippen LogP contribution in [0.2, 0.25) is 0 Å². The molecule has 0 radical (unpaired) electrons. The summed E-state index contributed by atoms with van der Waals surface area (Å²) in [4.78, 5) is 23.7. The van der Waals surface area contributed by atoms with Gasteiger partial charge in [0, 0.05) is 12.0 Å². The molecule has 5 heteroatoms. The first-order valence-electron chi connectivity index (χ1n) is 10.9. The zero-order valence-electron chi connectivity index (χ0n) is 17.2. The molecular weight excluding hydrogens is 378 g/mol. The largest absolute Gasteiger partial charge is 0.481 e. The van der Waals surface area contributed by atoms with Crippen molar-refractivity contribution in [2.45, 2.75) is 56.9 Å². The van der Waals surface area contributed by atoms with E-state index >= 15 is 0 Å². The summed E-state index contributed by atoms with van der Waals surface area (Å²) in [7, 11) is 0. The molecule has 0 bridgehead atoms. The van der Waals surface area contributed by atoms with Gasteiger partial charge < -0.3 is 15.2 Å². The molecule has 2 aromatic rings. The lowest BCUT2D eigenvalue weighted by molar-refractivity contribution is -0.137. The van der Waals surface area contributed by atoms with Gasteiger partial charge in [-0.25, -0.2) is 4.79 Å². The summed E-state index contributed by atoms with van der Waals surface area (Å²) in [6, 6.07) is 16.0. The van der Waals surface area contributed by atoms with Crippen molar-refractivity contribution in [2.75, 3.05) is 6.61 Å². The number of carbonyl (C=O) groups is 2. The molecule has 1 atom stereocenters. The van der Waals surface area contributed by atoms with E-state index in [0.717, 1.165) is 17.5 Å². The van der Waals surface area contributed by atoms with Crippen LogP contribution in [-0.2, 0) is 9.53 Å². The Morgan fingerprint density at radius 2 is 1.60 bits per heavy atom. The normalized spacial score (nSPS) is 16.7. The summed E-state index contributed by atoms with van der Waals surface area (Å²) < 4.78 is 5.58. The Balaban J connectivity index is 1.36. The van der Waals surface area contributed by atoms with Gasteiger partial charge in [0.05, 0.1) is 6.42 Å². The highest BCUT2D eigenvalue weighted by Crippen LogP contribution is 2.44. The van der Waals surface area contributed by atoms with Crippen LogP contribution in [0.5, 0.6) is 0 Å². The lowest BCUT2D eigenvalue weighted by Gasteiger charge is -2.20. The number of ether oxygens (including phenoxy) is 1. The van der Waals surface area contributed by atoms with E-state index in [2.05, 4.69) is 29.6 Å². The van der Waals surface area contributed by atoms with Gasteiger partial charge in [0.25, 0.3) is 0 Å². The highest BCUT2D eigenvalue weighted by Gasteiger charge is 2.29. The summed E-state index contributed by atoms with van der Waals surface area (Å²) in [5.74, 6) is -0.240. The lowest BCUT2D eigenvalue weighted by atomic mass is 9.97.